The molecule has 0 aromatic heterocycles. The van der Waals surface area contributed by atoms with Crippen molar-refractivity contribution in [3.8, 4) is 0 Å². The zero-order valence-corrected chi connectivity index (χ0v) is 6.89. The summed E-state index contributed by atoms with van der Waals surface area (Å²) in [5, 5.41) is 0.871. The fourth-order valence-electron chi connectivity index (χ4n) is 0.358. The quantitative estimate of drug-likeness (QED) is 0.380. The minimum atomic E-state index is 0.275. The van der Waals surface area contributed by atoms with E-state index in [1.165, 1.54) is 0 Å². The Morgan fingerprint density at radius 3 is 2.33 bits per heavy atom. The van der Waals surface area contributed by atoms with Crippen LogP contribution in [0, 0.1) is 0 Å². The third-order valence-electron chi connectivity index (χ3n) is 0.711. The predicted molar refractivity (Wildman–Crippen MR) is 39.6 cm³/mol. The van der Waals surface area contributed by atoms with Crippen LogP contribution < -0.4 is 5.73 Å². The van der Waals surface area contributed by atoms with Gasteiger partial charge in [0.1, 0.15) is 0 Å². The maximum atomic E-state index is 5.06. The molecule has 4 heteroatoms. The first-order chi connectivity index (χ1) is 4.41. The normalized spacial score (nSPS) is 10.0. The third-order valence-corrected chi connectivity index (χ3v) is 1.04. The molecule has 0 heterocycles. The van der Waals surface area contributed by atoms with E-state index in [4.69, 9.17) is 15.2 Å². The average molecular weight is 198 g/mol. The molecule has 3 nitrogen and oxygen atoms in total. The summed E-state index contributed by atoms with van der Waals surface area (Å²) in [6.45, 7) is 2.22. The lowest BCUT2D eigenvalue weighted by atomic mass is 10.7. The standard InChI is InChI=1S/C5H12BrNO2/c6-1-2-8-3-4-9-5-7/h1-5,7H2. The van der Waals surface area contributed by atoms with Crippen LogP contribution in [0.3, 0.4) is 0 Å². The van der Waals surface area contributed by atoms with Crippen LogP contribution in [0.2, 0.25) is 0 Å². The fraction of sp³-hybridized carbons (Fsp3) is 1.00. The molecule has 2 N–H and O–H groups in total. The van der Waals surface area contributed by atoms with Crippen molar-refractivity contribution in [1.82, 2.24) is 0 Å². The lowest BCUT2D eigenvalue weighted by Gasteiger charge is -2.00. The summed E-state index contributed by atoms with van der Waals surface area (Å²) in [5.41, 5.74) is 5.06. The second-order valence-corrected chi connectivity index (χ2v) is 2.17. The first-order valence-electron chi connectivity index (χ1n) is 2.83. The lowest BCUT2D eigenvalue weighted by molar-refractivity contribution is 0.0568. The van der Waals surface area contributed by atoms with Crippen LogP contribution >= 0.6 is 15.9 Å². The predicted octanol–water partition coefficient (Wildman–Crippen LogP) is 0.331. The van der Waals surface area contributed by atoms with Crippen molar-refractivity contribution in [2.45, 2.75) is 0 Å². The van der Waals surface area contributed by atoms with Crippen LogP contribution in [0.1, 0.15) is 0 Å². The molecule has 0 atom stereocenters. The van der Waals surface area contributed by atoms with Crippen molar-refractivity contribution >= 4 is 15.9 Å². The first-order valence-corrected chi connectivity index (χ1v) is 3.95. The molecular formula is C5H12BrNO2. The molecule has 0 spiro atoms. The molecule has 0 radical (unpaired) electrons. The van der Waals surface area contributed by atoms with Crippen LogP contribution in [0.5, 0.6) is 0 Å². The van der Waals surface area contributed by atoms with Gasteiger partial charge in [0, 0.05) is 5.33 Å². The molecule has 0 saturated carbocycles. The minimum Gasteiger partial charge on any atom is -0.378 e. The minimum absolute atomic E-state index is 0.275. The van der Waals surface area contributed by atoms with Crippen molar-refractivity contribution in [3.63, 3.8) is 0 Å². The molecule has 56 valence electrons. The van der Waals surface area contributed by atoms with Crippen molar-refractivity contribution in [2.75, 3.05) is 31.9 Å². The SMILES string of the molecule is NCOCCOCCBr. The van der Waals surface area contributed by atoms with Crippen LogP contribution in [0.25, 0.3) is 0 Å². The van der Waals surface area contributed by atoms with E-state index >= 15 is 0 Å². The van der Waals surface area contributed by atoms with Gasteiger partial charge in [-0.3, -0.25) is 0 Å². The van der Waals surface area contributed by atoms with Crippen molar-refractivity contribution in [1.29, 1.82) is 0 Å². The van der Waals surface area contributed by atoms with Gasteiger partial charge < -0.3 is 15.2 Å². The van der Waals surface area contributed by atoms with E-state index in [1.807, 2.05) is 0 Å². The van der Waals surface area contributed by atoms with Gasteiger partial charge >= 0.3 is 0 Å². The van der Waals surface area contributed by atoms with Gasteiger partial charge in [0.15, 0.2) is 0 Å². The Balaban J connectivity index is 2.60. The highest BCUT2D eigenvalue weighted by molar-refractivity contribution is 9.09. The Morgan fingerprint density at radius 2 is 1.78 bits per heavy atom. The highest BCUT2D eigenvalue weighted by Crippen LogP contribution is 1.81. The van der Waals surface area contributed by atoms with E-state index in [2.05, 4.69) is 15.9 Å². The maximum absolute atomic E-state index is 5.06. The summed E-state index contributed by atoms with van der Waals surface area (Å²) in [6, 6.07) is 0. The van der Waals surface area contributed by atoms with Gasteiger partial charge in [-0.25, -0.2) is 0 Å². The van der Waals surface area contributed by atoms with Gasteiger partial charge in [0.05, 0.1) is 26.6 Å². The first kappa shape index (κ1) is 9.36. The van der Waals surface area contributed by atoms with Gasteiger partial charge in [0.2, 0.25) is 0 Å². The van der Waals surface area contributed by atoms with Gasteiger partial charge in [-0.1, -0.05) is 15.9 Å². The molecule has 0 rings (SSSR count). The highest BCUT2D eigenvalue weighted by atomic mass is 79.9. The topological polar surface area (TPSA) is 44.5 Å². The molecule has 0 aliphatic rings. The number of nitrogens with two attached hydrogens (primary N) is 1. The monoisotopic (exact) mass is 197 g/mol. The van der Waals surface area contributed by atoms with E-state index in [0.717, 1.165) is 11.9 Å². The van der Waals surface area contributed by atoms with E-state index in [-0.39, 0.29) is 6.73 Å². The molecule has 0 saturated heterocycles. The number of alkyl halides is 1. The van der Waals surface area contributed by atoms with Crippen LogP contribution in [-0.2, 0) is 9.47 Å². The summed E-state index contributed by atoms with van der Waals surface area (Å²) < 4.78 is 9.87. The number of hydrogen-bond acceptors (Lipinski definition) is 3. The van der Waals surface area contributed by atoms with E-state index in [1.54, 1.807) is 0 Å². The van der Waals surface area contributed by atoms with Crippen LogP contribution in [-0.4, -0.2) is 31.9 Å². The Labute approximate surface area is 63.6 Å². The lowest BCUT2D eigenvalue weighted by Crippen LogP contribution is -2.10. The summed E-state index contributed by atoms with van der Waals surface area (Å²) in [4.78, 5) is 0. The number of halogens is 1. The smallest absolute Gasteiger partial charge is 0.0941 e. The Hall–Kier alpha value is 0.360. The molecule has 0 aromatic rings. The molecule has 0 bridgehead atoms. The molecular weight excluding hydrogens is 186 g/mol. The summed E-state index contributed by atoms with van der Waals surface area (Å²) in [6.07, 6.45) is 0. The maximum Gasteiger partial charge on any atom is 0.0941 e. The Kier molecular flexibility index (Phi) is 8.69. The molecule has 0 fully saturated rings. The van der Waals surface area contributed by atoms with Crippen molar-refractivity contribution in [3.05, 3.63) is 0 Å². The highest BCUT2D eigenvalue weighted by Gasteiger charge is 1.84. The summed E-state index contributed by atoms with van der Waals surface area (Å²) >= 11 is 3.23. The largest absolute Gasteiger partial charge is 0.378 e. The van der Waals surface area contributed by atoms with Crippen LogP contribution in [0.15, 0.2) is 0 Å². The fourth-order valence-corrected chi connectivity index (χ4v) is 0.587. The van der Waals surface area contributed by atoms with Crippen molar-refractivity contribution < 1.29 is 9.47 Å². The molecule has 0 aromatic carbocycles. The molecule has 0 amide bonds. The van der Waals surface area contributed by atoms with E-state index < -0.39 is 0 Å². The zero-order chi connectivity index (χ0) is 6.95. The average Bonchev–Trinajstić information content (AvgIpc) is 1.89. The molecule has 0 unspecified atom stereocenters. The second kappa shape index (κ2) is 8.36. The van der Waals surface area contributed by atoms with E-state index in [9.17, 15) is 0 Å². The van der Waals surface area contributed by atoms with Crippen LogP contribution in [0.4, 0.5) is 0 Å². The number of hydrogen-bond donors (Lipinski definition) is 1. The zero-order valence-electron chi connectivity index (χ0n) is 5.31. The molecule has 0 aliphatic heterocycles. The molecule has 0 aliphatic carbocycles. The summed E-state index contributed by atoms with van der Waals surface area (Å²) in [7, 11) is 0. The number of rotatable bonds is 6. The second-order valence-electron chi connectivity index (χ2n) is 1.38. The van der Waals surface area contributed by atoms with E-state index in [0.29, 0.717) is 13.2 Å². The van der Waals surface area contributed by atoms with Gasteiger partial charge in [-0.05, 0) is 0 Å². The Morgan fingerprint density at radius 1 is 1.11 bits per heavy atom. The van der Waals surface area contributed by atoms with Gasteiger partial charge in [0.25, 0.3) is 0 Å². The van der Waals surface area contributed by atoms with Gasteiger partial charge in [-0.2, -0.15) is 0 Å². The molecule has 9 heavy (non-hydrogen) atoms. The number of ether oxygens (including phenoxy) is 2. The summed E-state index contributed by atoms with van der Waals surface area (Å²) in [5.74, 6) is 0. The Bertz CT molecular complexity index is 48.2. The van der Waals surface area contributed by atoms with Gasteiger partial charge in [-0.15, -0.1) is 0 Å². The third kappa shape index (κ3) is 8.36. The van der Waals surface area contributed by atoms with Crippen molar-refractivity contribution in [2.24, 2.45) is 5.73 Å².